The van der Waals surface area contributed by atoms with Gasteiger partial charge in [0.2, 0.25) is 0 Å². The fourth-order valence-electron chi connectivity index (χ4n) is 1.81. The van der Waals surface area contributed by atoms with Gasteiger partial charge in [-0.25, -0.2) is 4.79 Å². The van der Waals surface area contributed by atoms with E-state index in [2.05, 4.69) is 5.32 Å². The van der Waals surface area contributed by atoms with Gasteiger partial charge in [0.25, 0.3) is 0 Å². The van der Waals surface area contributed by atoms with Crippen LogP contribution in [-0.4, -0.2) is 36.0 Å². The average Bonchev–Trinajstić information content (AvgIpc) is 2.50. The van der Waals surface area contributed by atoms with E-state index in [9.17, 15) is 9.90 Å². The first-order valence-electron chi connectivity index (χ1n) is 8.39. The van der Waals surface area contributed by atoms with Gasteiger partial charge in [-0.3, -0.25) is 0 Å². The third kappa shape index (κ3) is 12.9. The molecule has 0 rings (SSSR count). The lowest BCUT2D eigenvalue weighted by Crippen LogP contribution is -2.33. The van der Waals surface area contributed by atoms with E-state index in [4.69, 9.17) is 10.5 Å². The highest BCUT2D eigenvalue weighted by atomic mass is 16.6. The molecule has 1 amide bonds. The number of aliphatic hydroxyl groups is 1. The lowest BCUT2D eigenvalue weighted by molar-refractivity contribution is 0.0533. The topological polar surface area (TPSA) is 84.6 Å². The number of ether oxygens (including phenoxy) is 1. The lowest BCUT2D eigenvalue weighted by Gasteiger charge is -2.20. The van der Waals surface area contributed by atoms with Crippen LogP contribution in [0.25, 0.3) is 0 Å². The van der Waals surface area contributed by atoms with Crippen molar-refractivity contribution in [3.8, 4) is 0 Å². The average molecular weight is 328 g/mol. The maximum absolute atomic E-state index is 11.7. The van der Waals surface area contributed by atoms with Crippen molar-refractivity contribution in [2.24, 2.45) is 5.73 Å². The highest BCUT2D eigenvalue weighted by molar-refractivity contribution is 5.68. The summed E-state index contributed by atoms with van der Waals surface area (Å²) in [4.78, 5) is 11.7. The Morgan fingerprint density at radius 2 is 1.74 bits per heavy atom. The number of nitrogens with two attached hydrogens (primary N) is 1. The summed E-state index contributed by atoms with van der Waals surface area (Å²) in [6, 6.07) is 0. The molecule has 0 aliphatic carbocycles. The van der Waals surface area contributed by atoms with Gasteiger partial charge < -0.3 is 20.9 Å². The van der Waals surface area contributed by atoms with E-state index in [1.807, 2.05) is 60.6 Å². The SMILES string of the molecule is C/C=C(CCC(O)CN)\C(=C/C)CNC(=O)OC(C)(C)C.CC. The minimum Gasteiger partial charge on any atom is -0.444 e. The van der Waals surface area contributed by atoms with Crippen LogP contribution in [-0.2, 0) is 4.74 Å². The van der Waals surface area contributed by atoms with Crippen LogP contribution in [0.3, 0.4) is 0 Å². The van der Waals surface area contributed by atoms with E-state index < -0.39 is 17.8 Å². The van der Waals surface area contributed by atoms with Gasteiger partial charge in [0.15, 0.2) is 0 Å². The Bertz CT molecular complexity index is 382. The highest BCUT2D eigenvalue weighted by Crippen LogP contribution is 2.17. The molecular formula is C18H36N2O3. The summed E-state index contributed by atoms with van der Waals surface area (Å²) in [7, 11) is 0. The molecule has 1 unspecified atom stereocenters. The molecule has 5 heteroatoms. The predicted octanol–water partition coefficient (Wildman–Crippen LogP) is 3.53. The molecule has 5 nitrogen and oxygen atoms in total. The molecule has 23 heavy (non-hydrogen) atoms. The Balaban J connectivity index is 0. The smallest absolute Gasteiger partial charge is 0.407 e. The van der Waals surface area contributed by atoms with E-state index in [1.165, 1.54) is 0 Å². The molecule has 0 aliphatic heterocycles. The van der Waals surface area contributed by atoms with Crippen molar-refractivity contribution < 1.29 is 14.6 Å². The molecule has 0 aromatic carbocycles. The van der Waals surface area contributed by atoms with Crippen LogP contribution in [0.15, 0.2) is 23.3 Å². The van der Waals surface area contributed by atoms with Crippen molar-refractivity contribution in [2.75, 3.05) is 13.1 Å². The van der Waals surface area contributed by atoms with Crippen LogP contribution >= 0.6 is 0 Å². The Morgan fingerprint density at radius 3 is 2.13 bits per heavy atom. The third-order valence-electron chi connectivity index (χ3n) is 2.95. The molecule has 0 bridgehead atoms. The molecule has 0 fully saturated rings. The van der Waals surface area contributed by atoms with E-state index in [1.54, 1.807) is 0 Å². The molecule has 136 valence electrons. The van der Waals surface area contributed by atoms with Crippen molar-refractivity contribution in [3.05, 3.63) is 23.3 Å². The maximum Gasteiger partial charge on any atom is 0.407 e. The normalized spacial score (nSPS) is 13.8. The first-order valence-corrected chi connectivity index (χ1v) is 8.39. The fraction of sp³-hybridized carbons (Fsp3) is 0.722. The second kappa shape index (κ2) is 13.1. The summed E-state index contributed by atoms with van der Waals surface area (Å²) >= 11 is 0. The molecule has 0 saturated carbocycles. The van der Waals surface area contributed by atoms with Crippen LogP contribution < -0.4 is 11.1 Å². The van der Waals surface area contributed by atoms with Gasteiger partial charge in [-0.2, -0.15) is 0 Å². The molecule has 1 atom stereocenters. The summed E-state index contributed by atoms with van der Waals surface area (Å²) in [5.74, 6) is 0. The van der Waals surface area contributed by atoms with Gasteiger partial charge in [-0.15, -0.1) is 0 Å². The summed E-state index contributed by atoms with van der Waals surface area (Å²) in [6.07, 6.45) is 4.37. The van der Waals surface area contributed by atoms with E-state index >= 15 is 0 Å². The number of nitrogens with one attached hydrogen (secondary N) is 1. The third-order valence-corrected chi connectivity index (χ3v) is 2.95. The number of aliphatic hydroxyl groups excluding tert-OH is 1. The highest BCUT2D eigenvalue weighted by Gasteiger charge is 2.16. The van der Waals surface area contributed by atoms with Gasteiger partial charge in [0.1, 0.15) is 5.60 Å². The summed E-state index contributed by atoms with van der Waals surface area (Å²) in [6.45, 7) is 14.0. The second-order valence-corrected chi connectivity index (χ2v) is 5.91. The summed E-state index contributed by atoms with van der Waals surface area (Å²) in [5.41, 5.74) is 7.02. The van der Waals surface area contributed by atoms with Crippen molar-refractivity contribution >= 4 is 6.09 Å². The number of allylic oxidation sites excluding steroid dienone is 2. The van der Waals surface area contributed by atoms with E-state index in [0.717, 1.165) is 17.6 Å². The monoisotopic (exact) mass is 328 g/mol. The number of hydrogen-bond donors (Lipinski definition) is 3. The summed E-state index contributed by atoms with van der Waals surface area (Å²) < 4.78 is 5.21. The van der Waals surface area contributed by atoms with Gasteiger partial charge in [0.05, 0.1) is 6.10 Å². The van der Waals surface area contributed by atoms with Gasteiger partial charge >= 0.3 is 6.09 Å². The Kier molecular flexibility index (Phi) is 13.7. The molecule has 0 saturated heterocycles. The molecule has 0 spiro atoms. The Labute approximate surface area is 142 Å². The van der Waals surface area contributed by atoms with Crippen LogP contribution in [0.1, 0.15) is 61.3 Å². The minimum absolute atomic E-state index is 0.262. The fourth-order valence-corrected chi connectivity index (χ4v) is 1.81. The van der Waals surface area contributed by atoms with Gasteiger partial charge in [0, 0.05) is 13.1 Å². The van der Waals surface area contributed by atoms with Crippen molar-refractivity contribution in [1.82, 2.24) is 5.32 Å². The van der Waals surface area contributed by atoms with Crippen LogP contribution in [0.4, 0.5) is 4.79 Å². The van der Waals surface area contributed by atoms with Gasteiger partial charge in [-0.05, 0) is 58.6 Å². The molecular weight excluding hydrogens is 292 g/mol. The molecule has 0 heterocycles. The van der Waals surface area contributed by atoms with Crippen molar-refractivity contribution in [1.29, 1.82) is 0 Å². The van der Waals surface area contributed by atoms with E-state index in [0.29, 0.717) is 13.0 Å². The maximum atomic E-state index is 11.7. The zero-order valence-electron chi connectivity index (χ0n) is 15.9. The van der Waals surface area contributed by atoms with Gasteiger partial charge in [-0.1, -0.05) is 26.0 Å². The number of amides is 1. The Morgan fingerprint density at radius 1 is 1.22 bits per heavy atom. The number of rotatable bonds is 7. The molecule has 0 aromatic rings. The van der Waals surface area contributed by atoms with Crippen molar-refractivity contribution in [3.63, 3.8) is 0 Å². The zero-order valence-corrected chi connectivity index (χ0v) is 15.9. The number of alkyl carbamates (subject to hydrolysis) is 1. The molecule has 4 N–H and O–H groups in total. The van der Waals surface area contributed by atoms with E-state index in [-0.39, 0.29) is 6.54 Å². The molecule has 0 aromatic heterocycles. The quantitative estimate of drug-likeness (QED) is 0.624. The zero-order chi connectivity index (χ0) is 18.5. The van der Waals surface area contributed by atoms with Crippen LogP contribution in [0.2, 0.25) is 0 Å². The predicted molar refractivity (Wildman–Crippen MR) is 97.4 cm³/mol. The van der Waals surface area contributed by atoms with Crippen LogP contribution in [0.5, 0.6) is 0 Å². The standard InChI is InChI=1S/C16H30N2O3.C2H6/c1-6-12(8-9-14(19)10-17)13(7-2)11-18-15(20)21-16(3,4)5;1-2/h6-7,14,19H,8-11,17H2,1-5H3,(H,18,20);1-2H3/b12-6-,13-7-;. The summed E-state index contributed by atoms with van der Waals surface area (Å²) in [5, 5.41) is 12.3. The largest absolute Gasteiger partial charge is 0.444 e. The Hall–Kier alpha value is -1.33. The van der Waals surface area contributed by atoms with Crippen molar-refractivity contribution in [2.45, 2.75) is 73.0 Å². The first-order chi connectivity index (χ1) is 10.7. The second-order valence-electron chi connectivity index (χ2n) is 5.91. The van der Waals surface area contributed by atoms with Crippen LogP contribution in [0, 0.1) is 0 Å². The molecule has 0 radical (unpaired) electrons. The first kappa shape index (κ1) is 23.9. The minimum atomic E-state index is -0.505. The number of carbonyl (C=O) groups excluding carboxylic acids is 1. The molecule has 0 aliphatic rings. The number of carbonyl (C=O) groups is 1. The lowest BCUT2D eigenvalue weighted by atomic mass is 9.99. The number of hydrogen-bond acceptors (Lipinski definition) is 4.